The quantitative estimate of drug-likeness (QED) is 0.328. The lowest BCUT2D eigenvalue weighted by Crippen LogP contribution is -2.02. The van der Waals surface area contributed by atoms with Gasteiger partial charge in [-0.1, -0.05) is 70.1 Å². The number of para-hydroxylation sites is 2. The minimum absolute atomic E-state index is 0.0149. The van der Waals surface area contributed by atoms with Crippen molar-refractivity contribution in [2.45, 2.75) is 69.6 Å². The Labute approximate surface area is 168 Å². The van der Waals surface area contributed by atoms with E-state index >= 15 is 0 Å². The molecule has 0 saturated carbocycles. The van der Waals surface area contributed by atoms with Gasteiger partial charge in [-0.2, -0.15) is 8.42 Å². The largest absolute Gasteiger partial charge is 0.504 e. The topological polar surface area (TPSA) is 83.8 Å². The van der Waals surface area contributed by atoms with Gasteiger partial charge in [0.05, 0.1) is 0 Å². The molecule has 28 heavy (non-hydrogen) atoms. The van der Waals surface area contributed by atoms with Crippen LogP contribution >= 0.6 is 0 Å². The number of ether oxygens (including phenoxy) is 1. The van der Waals surface area contributed by atoms with Crippen molar-refractivity contribution in [2.75, 3.05) is 0 Å². The van der Waals surface area contributed by atoms with Crippen LogP contribution in [0.4, 0.5) is 0 Å². The Bertz CT molecular complexity index is 846. The molecule has 0 spiro atoms. The molecule has 0 aromatic heterocycles. The summed E-state index contributed by atoms with van der Waals surface area (Å²) < 4.78 is 38.4. The van der Waals surface area contributed by atoms with Gasteiger partial charge in [0.15, 0.2) is 11.5 Å². The first kappa shape index (κ1) is 22.2. The molecule has 0 radical (unpaired) electrons. The van der Waals surface area contributed by atoms with Gasteiger partial charge in [-0.3, -0.25) is 4.55 Å². The van der Waals surface area contributed by atoms with E-state index in [4.69, 9.17) is 4.74 Å². The van der Waals surface area contributed by atoms with Crippen LogP contribution in [0.1, 0.15) is 63.9 Å². The minimum Gasteiger partial charge on any atom is -0.504 e. The third-order valence-corrected chi connectivity index (χ3v) is 5.58. The van der Waals surface area contributed by atoms with Gasteiger partial charge in [0.2, 0.25) is 0 Å². The summed E-state index contributed by atoms with van der Waals surface area (Å²) in [5.74, 6) is 0.0509. The summed E-state index contributed by atoms with van der Waals surface area (Å²) in [6, 6.07) is 11.0. The second kappa shape index (κ2) is 11.1. The van der Waals surface area contributed by atoms with Crippen molar-refractivity contribution in [3.63, 3.8) is 0 Å². The van der Waals surface area contributed by atoms with E-state index in [1.165, 1.54) is 56.7 Å². The summed E-state index contributed by atoms with van der Waals surface area (Å²) in [4.78, 5) is -0.310. The van der Waals surface area contributed by atoms with Crippen LogP contribution < -0.4 is 4.74 Å². The molecule has 5 nitrogen and oxygen atoms in total. The highest BCUT2D eigenvalue weighted by atomic mass is 32.2. The molecule has 0 saturated heterocycles. The predicted molar refractivity (Wildman–Crippen MR) is 111 cm³/mol. The minimum atomic E-state index is -4.43. The van der Waals surface area contributed by atoms with Crippen LogP contribution in [-0.2, 0) is 16.5 Å². The second-order valence-corrected chi connectivity index (χ2v) is 8.44. The molecular formula is C22H30O5S. The Kier molecular flexibility index (Phi) is 8.80. The van der Waals surface area contributed by atoms with E-state index < -0.39 is 10.1 Å². The van der Waals surface area contributed by atoms with E-state index in [1.807, 2.05) is 0 Å². The number of phenols is 1. The van der Waals surface area contributed by atoms with Crippen LogP contribution in [0.15, 0.2) is 47.4 Å². The molecule has 2 aromatic carbocycles. The SMILES string of the molecule is CCCCCCCCCCc1ccc(S(=O)(=O)O)c(Oc2ccccc2O)c1. The van der Waals surface area contributed by atoms with Crippen LogP contribution in [0, 0.1) is 0 Å². The molecular weight excluding hydrogens is 376 g/mol. The van der Waals surface area contributed by atoms with Gasteiger partial charge < -0.3 is 9.84 Å². The molecule has 2 N–H and O–H groups in total. The molecule has 0 aliphatic carbocycles. The Morgan fingerprint density at radius 3 is 2.14 bits per heavy atom. The van der Waals surface area contributed by atoms with Gasteiger partial charge in [-0.15, -0.1) is 0 Å². The maximum atomic E-state index is 11.7. The fraction of sp³-hybridized carbons (Fsp3) is 0.455. The maximum absolute atomic E-state index is 11.7. The normalized spacial score (nSPS) is 11.5. The highest BCUT2D eigenvalue weighted by molar-refractivity contribution is 7.86. The summed E-state index contributed by atoms with van der Waals surface area (Å²) in [6.07, 6.45) is 10.5. The number of unbranched alkanes of at least 4 members (excludes halogenated alkanes) is 7. The molecule has 0 unspecified atom stereocenters. The van der Waals surface area contributed by atoms with Crippen LogP contribution in [0.3, 0.4) is 0 Å². The third-order valence-electron chi connectivity index (χ3n) is 4.69. The molecule has 0 heterocycles. The summed E-state index contributed by atoms with van der Waals surface area (Å²) in [7, 11) is -4.43. The lowest BCUT2D eigenvalue weighted by atomic mass is 10.0. The Morgan fingerprint density at radius 1 is 0.857 bits per heavy atom. The van der Waals surface area contributed by atoms with E-state index in [2.05, 4.69) is 6.92 Å². The summed E-state index contributed by atoms with van der Waals surface area (Å²) in [5, 5.41) is 9.88. The van der Waals surface area contributed by atoms with E-state index in [0.717, 1.165) is 24.8 Å². The number of aryl methyl sites for hydroxylation is 1. The predicted octanol–water partition coefficient (Wildman–Crippen LogP) is 6.11. The second-order valence-electron chi connectivity index (χ2n) is 7.05. The van der Waals surface area contributed by atoms with Crippen LogP contribution in [0.25, 0.3) is 0 Å². The Balaban J connectivity index is 2.00. The average molecular weight is 407 g/mol. The summed E-state index contributed by atoms with van der Waals surface area (Å²) in [5.41, 5.74) is 0.934. The number of aromatic hydroxyl groups is 1. The molecule has 2 aromatic rings. The highest BCUT2D eigenvalue weighted by Gasteiger charge is 2.18. The number of hydrogen-bond acceptors (Lipinski definition) is 4. The van der Waals surface area contributed by atoms with Crippen molar-refractivity contribution in [2.24, 2.45) is 0 Å². The molecule has 0 bridgehead atoms. The fourth-order valence-electron chi connectivity index (χ4n) is 3.13. The molecule has 0 aliphatic heterocycles. The molecule has 6 heteroatoms. The Morgan fingerprint density at radius 2 is 1.50 bits per heavy atom. The molecule has 0 amide bonds. The first-order valence-electron chi connectivity index (χ1n) is 9.98. The van der Waals surface area contributed by atoms with Crippen molar-refractivity contribution in [1.82, 2.24) is 0 Å². The zero-order valence-corrected chi connectivity index (χ0v) is 17.2. The van der Waals surface area contributed by atoms with Gasteiger partial charge in [0, 0.05) is 0 Å². The van der Waals surface area contributed by atoms with Crippen LogP contribution in [0.5, 0.6) is 17.2 Å². The smallest absolute Gasteiger partial charge is 0.298 e. The van der Waals surface area contributed by atoms with Crippen molar-refractivity contribution in [1.29, 1.82) is 0 Å². The number of benzene rings is 2. The lowest BCUT2D eigenvalue weighted by molar-refractivity contribution is 0.402. The van der Waals surface area contributed by atoms with E-state index in [0.29, 0.717) is 0 Å². The number of rotatable bonds is 12. The maximum Gasteiger partial charge on any atom is 0.298 e. The van der Waals surface area contributed by atoms with Crippen LogP contribution in [-0.4, -0.2) is 18.1 Å². The molecule has 0 atom stereocenters. The standard InChI is InChI=1S/C22H30O5S/c1-2-3-4-5-6-7-8-9-12-18-15-16-22(28(24,25)26)21(17-18)27-20-14-11-10-13-19(20)23/h10-11,13-17,23H,2-9,12H2,1H3,(H,24,25,26). The number of phenolic OH excluding ortho intramolecular Hbond substituents is 1. The molecule has 2 rings (SSSR count). The van der Waals surface area contributed by atoms with Gasteiger partial charge in [-0.05, 0) is 42.7 Å². The first-order chi connectivity index (χ1) is 13.4. The summed E-state index contributed by atoms with van der Waals surface area (Å²) in [6.45, 7) is 2.21. The first-order valence-corrected chi connectivity index (χ1v) is 11.4. The zero-order valence-electron chi connectivity index (χ0n) is 16.4. The average Bonchev–Trinajstić information content (AvgIpc) is 2.65. The van der Waals surface area contributed by atoms with Crippen molar-refractivity contribution in [3.8, 4) is 17.2 Å². The third kappa shape index (κ3) is 7.17. The van der Waals surface area contributed by atoms with Gasteiger partial charge >= 0.3 is 0 Å². The van der Waals surface area contributed by atoms with Gasteiger partial charge in [0.1, 0.15) is 10.6 Å². The van der Waals surface area contributed by atoms with Crippen LogP contribution in [0.2, 0.25) is 0 Å². The Hall–Kier alpha value is -2.05. The van der Waals surface area contributed by atoms with Gasteiger partial charge in [-0.25, -0.2) is 0 Å². The monoisotopic (exact) mass is 406 g/mol. The molecule has 154 valence electrons. The summed E-state index contributed by atoms with van der Waals surface area (Å²) >= 11 is 0. The van der Waals surface area contributed by atoms with E-state index in [1.54, 1.807) is 24.3 Å². The van der Waals surface area contributed by atoms with Crippen molar-refractivity contribution in [3.05, 3.63) is 48.0 Å². The fourth-order valence-corrected chi connectivity index (χ4v) is 3.72. The van der Waals surface area contributed by atoms with Gasteiger partial charge in [0.25, 0.3) is 10.1 Å². The number of hydrogen-bond donors (Lipinski definition) is 2. The molecule has 0 fully saturated rings. The highest BCUT2D eigenvalue weighted by Crippen LogP contribution is 2.34. The van der Waals surface area contributed by atoms with Crippen molar-refractivity contribution < 1.29 is 22.8 Å². The van der Waals surface area contributed by atoms with Crippen molar-refractivity contribution >= 4 is 10.1 Å². The zero-order chi connectivity index (χ0) is 20.4. The van der Waals surface area contributed by atoms with E-state index in [-0.39, 0.29) is 22.1 Å². The molecule has 0 aliphatic rings. The lowest BCUT2D eigenvalue weighted by Gasteiger charge is -2.12. The van der Waals surface area contributed by atoms with E-state index in [9.17, 15) is 18.1 Å².